The van der Waals surface area contributed by atoms with Crippen molar-refractivity contribution in [3.05, 3.63) is 64.0 Å². The van der Waals surface area contributed by atoms with E-state index in [1.165, 1.54) is 6.92 Å². The molecule has 3 nitrogen and oxygen atoms in total. The van der Waals surface area contributed by atoms with E-state index in [4.69, 9.17) is 5.11 Å². The number of phenolic OH excluding ortho intramolecular Hbond substituents is 1. The molecule has 2 N–H and O–H groups in total. The van der Waals surface area contributed by atoms with E-state index >= 15 is 0 Å². The quantitative estimate of drug-likeness (QED) is 0.611. The van der Waals surface area contributed by atoms with Gasteiger partial charge >= 0.3 is 12.1 Å². The summed E-state index contributed by atoms with van der Waals surface area (Å²) in [6.07, 6.45) is -4.79. The Labute approximate surface area is 134 Å². The highest BCUT2D eigenvalue weighted by molar-refractivity contribution is 5.88. The van der Waals surface area contributed by atoms with Crippen LogP contribution in [-0.4, -0.2) is 16.2 Å². The number of carbonyl (C=O) groups is 1. The van der Waals surface area contributed by atoms with Gasteiger partial charge in [0, 0.05) is 11.1 Å². The molecule has 0 saturated heterocycles. The van der Waals surface area contributed by atoms with Crippen molar-refractivity contribution in [2.24, 2.45) is 0 Å². The first-order chi connectivity index (χ1) is 11.1. The molecule has 0 saturated carbocycles. The maximum Gasteiger partial charge on any atom is 0.417 e. The summed E-state index contributed by atoms with van der Waals surface area (Å²) in [4.78, 5) is 10.8. The Morgan fingerprint density at radius 3 is 2.29 bits per heavy atom. The zero-order valence-corrected chi connectivity index (χ0v) is 12.2. The monoisotopic (exact) mass is 338 g/mol. The molecule has 7 heteroatoms. The summed E-state index contributed by atoms with van der Waals surface area (Å²) in [5.41, 5.74) is -1.63. The Morgan fingerprint density at radius 1 is 1.08 bits per heavy atom. The number of halogens is 4. The van der Waals surface area contributed by atoms with Crippen molar-refractivity contribution in [3.63, 3.8) is 0 Å². The van der Waals surface area contributed by atoms with Crippen LogP contribution in [0.25, 0.3) is 0 Å². The van der Waals surface area contributed by atoms with Gasteiger partial charge in [-0.2, -0.15) is 13.2 Å². The lowest BCUT2D eigenvalue weighted by molar-refractivity contribution is -0.137. The van der Waals surface area contributed by atoms with Gasteiger partial charge in [-0.05, 0) is 42.8 Å². The maximum absolute atomic E-state index is 13.3. The number of benzene rings is 2. The minimum atomic E-state index is -4.79. The fourth-order valence-corrected chi connectivity index (χ4v) is 1.96. The average Bonchev–Trinajstić information content (AvgIpc) is 2.48. The number of carboxylic acids is 1. The topological polar surface area (TPSA) is 57.5 Å². The van der Waals surface area contributed by atoms with Gasteiger partial charge in [0.05, 0.1) is 11.1 Å². The highest BCUT2D eigenvalue weighted by Crippen LogP contribution is 2.32. The Kier molecular flexibility index (Phi) is 4.51. The van der Waals surface area contributed by atoms with Gasteiger partial charge in [0.2, 0.25) is 0 Å². The molecule has 0 aliphatic carbocycles. The van der Waals surface area contributed by atoms with Crippen LogP contribution >= 0.6 is 0 Å². The molecule has 2 aromatic carbocycles. The van der Waals surface area contributed by atoms with Crippen LogP contribution in [-0.2, 0) is 6.18 Å². The lowest BCUT2D eigenvalue weighted by atomic mass is 10.0. The number of aromatic hydroxyl groups is 1. The number of hydrogen-bond donors (Lipinski definition) is 2. The molecule has 0 aliphatic rings. The van der Waals surface area contributed by atoms with Gasteiger partial charge in [0.1, 0.15) is 0 Å². The first-order valence-corrected chi connectivity index (χ1v) is 6.55. The summed E-state index contributed by atoms with van der Waals surface area (Å²) in [6, 6.07) is 4.47. The number of rotatable bonds is 1. The zero-order valence-electron chi connectivity index (χ0n) is 12.2. The number of phenols is 1. The van der Waals surface area contributed by atoms with E-state index in [-0.39, 0.29) is 5.56 Å². The maximum atomic E-state index is 13.3. The molecule has 0 amide bonds. The fraction of sp³-hybridized carbons (Fsp3) is 0.118. The smallest absolute Gasteiger partial charge is 0.417 e. The van der Waals surface area contributed by atoms with Crippen LogP contribution in [0.2, 0.25) is 0 Å². The number of carboxylic acid groups (broad SMARTS) is 1. The molecule has 0 heterocycles. The molecule has 0 aromatic heterocycles. The predicted molar refractivity (Wildman–Crippen MR) is 77.2 cm³/mol. The van der Waals surface area contributed by atoms with E-state index in [9.17, 15) is 27.5 Å². The first-order valence-electron chi connectivity index (χ1n) is 6.55. The van der Waals surface area contributed by atoms with Crippen LogP contribution < -0.4 is 0 Å². The summed E-state index contributed by atoms with van der Waals surface area (Å²) >= 11 is 0. The van der Waals surface area contributed by atoms with Gasteiger partial charge in [-0.25, -0.2) is 9.18 Å². The molecule has 0 fully saturated rings. The van der Waals surface area contributed by atoms with Gasteiger partial charge < -0.3 is 10.2 Å². The lowest BCUT2D eigenvalue weighted by Crippen LogP contribution is -2.10. The number of aryl methyl sites for hydroxylation is 1. The second-order valence-corrected chi connectivity index (χ2v) is 4.93. The molecule has 2 rings (SSSR count). The van der Waals surface area contributed by atoms with Crippen LogP contribution in [0.3, 0.4) is 0 Å². The summed E-state index contributed by atoms with van der Waals surface area (Å²) in [5, 5.41) is 18.0. The standard InChI is InChI=1S/C17H10F4O3/c1-9-6-15(22)14(18)8-11(9)4-2-10-3-5-12(16(23)24)7-13(10)17(19,20)21/h3,5-8,22H,1H3,(H,23,24). The molecule has 0 bridgehead atoms. The minimum absolute atomic E-state index is 0.112. The molecule has 0 atom stereocenters. The van der Waals surface area contributed by atoms with Crippen molar-refractivity contribution in [3.8, 4) is 17.6 Å². The highest BCUT2D eigenvalue weighted by Gasteiger charge is 2.33. The van der Waals surface area contributed by atoms with Gasteiger partial charge in [-0.15, -0.1) is 0 Å². The third-order valence-corrected chi connectivity index (χ3v) is 3.20. The summed E-state index contributed by atoms with van der Waals surface area (Å²) < 4.78 is 52.5. The van der Waals surface area contributed by atoms with E-state index in [0.717, 1.165) is 24.3 Å². The molecule has 0 radical (unpaired) electrons. The van der Waals surface area contributed by atoms with Crippen LogP contribution in [0.1, 0.15) is 32.6 Å². The molecule has 124 valence electrons. The molecule has 0 spiro atoms. The number of alkyl halides is 3. The zero-order chi connectivity index (χ0) is 18.1. The van der Waals surface area contributed by atoms with Gasteiger partial charge in [0.25, 0.3) is 0 Å². The van der Waals surface area contributed by atoms with Crippen molar-refractivity contribution in [2.75, 3.05) is 0 Å². The van der Waals surface area contributed by atoms with E-state index in [2.05, 4.69) is 11.8 Å². The van der Waals surface area contributed by atoms with Gasteiger partial charge in [0.15, 0.2) is 11.6 Å². The molecule has 0 aliphatic heterocycles. The van der Waals surface area contributed by atoms with E-state index in [1.54, 1.807) is 0 Å². The minimum Gasteiger partial charge on any atom is -0.505 e. The highest BCUT2D eigenvalue weighted by atomic mass is 19.4. The van der Waals surface area contributed by atoms with E-state index in [0.29, 0.717) is 11.6 Å². The third kappa shape index (κ3) is 3.66. The average molecular weight is 338 g/mol. The third-order valence-electron chi connectivity index (χ3n) is 3.20. The van der Waals surface area contributed by atoms with Gasteiger partial charge in [-0.1, -0.05) is 11.8 Å². The van der Waals surface area contributed by atoms with Crippen molar-refractivity contribution < 1.29 is 32.6 Å². The van der Waals surface area contributed by atoms with Crippen molar-refractivity contribution in [2.45, 2.75) is 13.1 Å². The molecular formula is C17H10F4O3. The van der Waals surface area contributed by atoms with Gasteiger partial charge in [-0.3, -0.25) is 0 Å². The van der Waals surface area contributed by atoms with Crippen LogP contribution in [0.4, 0.5) is 17.6 Å². The van der Waals surface area contributed by atoms with Crippen LogP contribution in [0.5, 0.6) is 5.75 Å². The summed E-state index contributed by atoms with van der Waals surface area (Å²) in [6.45, 7) is 1.52. The summed E-state index contributed by atoms with van der Waals surface area (Å²) in [7, 11) is 0. The Morgan fingerprint density at radius 2 is 1.71 bits per heavy atom. The van der Waals surface area contributed by atoms with Crippen molar-refractivity contribution in [1.82, 2.24) is 0 Å². The second-order valence-electron chi connectivity index (χ2n) is 4.93. The second kappa shape index (κ2) is 6.24. The largest absolute Gasteiger partial charge is 0.505 e. The number of aromatic carboxylic acids is 1. The fourth-order valence-electron chi connectivity index (χ4n) is 1.96. The predicted octanol–water partition coefficient (Wildman–Crippen LogP) is 3.96. The normalized spacial score (nSPS) is 10.9. The number of hydrogen-bond acceptors (Lipinski definition) is 2. The van der Waals surface area contributed by atoms with E-state index < -0.39 is 40.4 Å². The SMILES string of the molecule is Cc1cc(O)c(F)cc1C#Cc1ccc(C(=O)O)cc1C(F)(F)F. The van der Waals surface area contributed by atoms with Crippen LogP contribution in [0.15, 0.2) is 30.3 Å². The Bertz CT molecular complexity index is 874. The lowest BCUT2D eigenvalue weighted by Gasteiger charge is -2.10. The summed E-state index contributed by atoms with van der Waals surface area (Å²) in [5.74, 6) is 1.67. The Balaban J connectivity index is 2.56. The first kappa shape index (κ1) is 17.3. The van der Waals surface area contributed by atoms with Crippen molar-refractivity contribution in [1.29, 1.82) is 0 Å². The molecule has 24 heavy (non-hydrogen) atoms. The molecule has 0 unspecified atom stereocenters. The molecule has 2 aromatic rings. The molecular weight excluding hydrogens is 328 g/mol. The van der Waals surface area contributed by atoms with E-state index in [1.807, 2.05) is 0 Å². The van der Waals surface area contributed by atoms with Crippen LogP contribution in [0, 0.1) is 24.6 Å². The Hall–Kier alpha value is -3.01. The van der Waals surface area contributed by atoms with Crippen molar-refractivity contribution >= 4 is 5.97 Å².